The molecule has 0 radical (unpaired) electrons. The molecule has 0 nitrogen and oxygen atoms in total. The fraction of sp³-hybridized carbons (Fsp3) is 0.368. The Morgan fingerprint density at radius 1 is 1.04 bits per heavy atom. The van der Waals surface area contributed by atoms with E-state index in [0.29, 0.717) is 5.56 Å². The second-order valence-electron chi connectivity index (χ2n) is 6.32. The number of benzene rings is 2. The van der Waals surface area contributed by atoms with Gasteiger partial charge in [-0.05, 0) is 48.2 Å². The molecule has 2 aromatic carbocycles. The minimum atomic E-state index is -2.69. The molecule has 0 N–H and O–H groups in total. The van der Waals surface area contributed by atoms with Crippen LogP contribution in [0.3, 0.4) is 0 Å². The summed E-state index contributed by atoms with van der Waals surface area (Å²) < 4.78 is 39.5. The zero-order chi connectivity index (χ0) is 16.8. The Balaban J connectivity index is 1.94. The molecule has 3 atom stereocenters. The van der Waals surface area contributed by atoms with Crippen LogP contribution in [-0.4, -0.2) is 4.87 Å². The van der Waals surface area contributed by atoms with Crippen molar-refractivity contribution in [3.05, 3.63) is 70.5 Å². The predicted octanol–water partition coefficient (Wildman–Crippen LogP) is 6.20. The fourth-order valence-electron chi connectivity index (χ4n) is 3.42. The number of alkyl halides is 3. The number of halogens is 4. The molecule has 0 heterocycles. The number of hydrogen-bond donors (Lipinski definition) is 0. The molecule has 0 bridgehead atoms. The predicted molar refractivity (Wildman–Crippen MR) is 86.9 cm³/mol. The molecule has 3 unspecified atom stereocenters. The maximum atomic E-state index is 13.7. The lowest BCUT2D eigenvalue weighted by molar-refractivity contribution is 0.151. The summed E-state index contributed by atoms with van der Waals surface area (Å²) >= 11 is 6.59. The molecule has 3 rings (SSSR count). The second-order valence-corrected chi connectivity index (χ2v) is 7.13. The first-order valence-corrected chi connectivity index (χ1v) is 8.08. The van der Waals surface area contributed by atoms with Gasteiger partial charge < -0.3 is 0 Å². The topological polar surface area (TPSA) is 0 Å². The molecule has 4 heteroatoms. The first-order chi connectivity index (χ1) is 10.8. The van der Waals surface area contributed by atoms with Crippen molar-refractivity contribution in [1.82, 2.24) is 0 Å². The molecule has 1 fully saturated rings. The largest absolute Gasteiger partial charge is 0.263 e. The highest BCUT2D eigenvalue weighted by Crippen LogP contribution is 2.67. The van der Waals surface area contributed by atoms with Crippen molar-refractivity contribution in [1.29, 1.82) is 0 Å². The van der Waals surface area contributed by atoms with Crippen LogP contribution in [0.2, 0.25) is 0 Å². The smallest absolute Gasteiger partial charge is 0.207 e. The summed E-state index contributed by atoms with van der Waals surface area (Å²) in [5.41, 5.74) is 2.54. The standard InChI is InChI=1S/C19H18ClF3/c1-3-11-4-6-12(7-5-11)16-17(19(16,2)20)13-8-14(18(22)23)10-15(21)9-13/h4-10,16-18H,3H2,1-2H3. The van der Waals surface area contributed by atoms with Gasteiger partial charge in [-0.25, -0.2) is 13.2 Å². The van der Waals surface area contributed by atoms with Gasteiger partial charge >= 0.3 is 0 Å². The summed E-state index contributed by atoms with van der Waals surface area (Å²) in [7, 11) is 0. The molecule has 122 valence electrons. The van der Waals surface area contributed by atoms with Gasteiger partial charge in [0.05, 0.1) is 4.87 Å². The lowest BCUT2D eigenvalue weighted by Crippen LogP contribution is -1.97. The van der Waals surface area contributed by atoms with Crippen molar-refractivity contribution in [2.45, 2.75) is 43.4 Å². The third-order valence-corrected chi connectivity index (χ3v) is 5.21. The van der Waals surface area contributed by atoms with Crippen molar-refractivity contribution in [3.8, 4) is 0 Å². The molecule has 0 spiro atoms. The van der Waals surface area contributed by atoms with E-state index in [-0.39, 0.29) is 17.4 Å². The molecule has 2 aromatic rings. The molecule has 0 amide bonds. The monoisotopic (exact) mass is 338 g/mol. The first-order valence-electron chi connectivity index (χ1n) is 7.71. The Bertz CT molecular complexity index is 707. The van der Waals surface area contributed by atoms with Gasteiger partial charge in [0.15, 0.2) is 0 Å². The number of rotatable bonds is 4. The Morgan fingerprint density at radius 3 is 2.22 bits per heavy atom. The Morgan fingerprint density at radius 2 is 1.65 bits per heavy atom. The summed E-state index contributed by atoms with van der Waals surface area (Å²) in [4.78, 5) is -0.582. The van der Waals surface area contributed by atoms with E-state index in [1.807, 2.05) is 31.2 Å². The van der Waals surface area contributed by atoms with Gasteiger partial charge in [0.1, 0.15) is 5.82 Å². The summed E-state index contributed by atoms with van der Waals surface area (Å²) in [6, 6.07) is 11.7. The second kappa shape index (κ2) is 5.86. The Labute approximate surface area is 139 Å². The zero-order valence-electron chi connectivity index (χ0n) is 13.0. The van der Waals surface area contributed by atoms with Crippen LogP contribution in [0.25, 0.3) is 0 Å². The van der Waals surface area contributed by atoms with Crippen molar-refractivity contribution in [2.75, 3.05) is 0 Å². The normalized spacial score (nSPS) is 26.6. The number of hydrogen-bond acceptors (Lipinski definition) is 0. The fourth-order valence-corrected chi connectivity index (χ4v) is 3.86. The van der Waals surface area contributed by atoms with Crippen LogP contribution in [0.15, 0.2) is 42.5 Å². The van der Waals surface area contributed by atoms with Crippen molar-refractivity contribution >= 4 is 11.6 Å². The van der Waals surface area contributed by atoms with E-state index in [4.69, 9.17) is 11.6 Å². The van der Waals surface area contributed by atoms with Crippen LogP contribution in [0.4, 0.5) is 13.2 Å². The maximum absolute atomic E-state index is 13.7. The van der Waals surface area contributed by atoms with E-state index in [9.17, 15) is 13.2 Å². The van der Waals surface area contributed by atoms with Crippen LogP contribution in [0.1, 0.15) is 54.4 Å². The number of aryl methyl sites for hydroxylation is 1. The van der Waals surface area contributed by atoms with E-state index >= 15 is 0 Å². The molecular formula is C19H18ClF3. The minimum absolute atomic E-state index is 0.00222. The zero-order valence-corrected chi connectivity index (χ0v) is 13.7. The average molecular weight is 339 g/mol. The molecule has 1 saturated carbocycles. The summed E-state index contributed by atoms with van der Waals surface area (Å²) in [6.45, 7) is 3.96. The SMILES string of the molecule is CCc1ccc(C2C(c3cc(F)cc(C(F)F)c3)C2(C)Cl)cc1. The average Bonchev–Trinajstić information content (AvgIpc) is 3.09. The minimum Gasteiger partial charge on any atom is -0.207 e. The van der Waals surface area contributed by atoms with E-state index < -0.39 is 17.1 Å². The quantitative estimate of drug-likeness (QED) is 0.582. The van der Waals surface area contributed by atoms with Crippen molar-refractivity contribution < 1.29 is 13.2 Å². The lowest BCUT2D eigenvalue weighted by atomic mass is 10.0. The summed E-state index contributed by atoms with van der Waals surface area (Å²) in [6.07, 6.45) is -1.74. The molecule has 1 aliphatic rings. The van der Waals surface area contributed by atoms with Crippen molar-refractivity contribution in [3.63, 3.8) is 0 Å². The summed E-state index contributed by atoms with van der Waals surface area (Å²) in [5, 5.41) is 0. The highest BCUT2D eigenvalue weighted by molar-refractivity contribution is 6.27. The van der Waals surface area contributed by atoms with Crippen LogP contribution in [0.5, 0.6) is 0 Å². The van der Waals surface area contributed by atoms with Gasteiger partial charge in [-0.3, -0.25) is 0 Å². The van der Waals surface area contributed by atoms with E-state index in [0.717, 1.165) is 18.1 Å². The molecule has 0 aromatic heterocycles. The Kier molecular flexibility index (Phi) is 4.18. The maximum Gasteiger partial charge on any atom is 0.263 e. The van der Waals surface area contributed by atoms with E-state index in [1.165, 1.54) is 17.7 Å². The molecule has 23 heavy (non-hydrogen) atoms. The van der Waals surface area contributed by atoms with Gasteiger partial charge in [0, 0.05) is 17.4 Å². The van der Waals surface area contributed by atoms with Crippen LogP contribution in [-0.2, 0) is 6.42 Å². The van der Waals surface area contributed by atoms with Gasteiger partial charge in [0.2, 0.25) is 0 Å². The third-order valence-electron chi connectivity index (χ3n) is 4.74. The lowest BCUT2D eigenvalue weighted by Gasteiger charge is -2.06. The highest BCUT2D eigenvalue weighted by Gasteiger charge is 2.61. The van der Waals surface area contributed by atoms with Gasteiger partial charge in [-0.1, -0.05) is 31.2 Å². The van der Waals surface area contributed by atoms with E-state index in [2.05, 4.69) is 6.92 Å². The van der Waals surface area contributed by atoms with Gasteiger partial charge in [0.25, 0.3) is 6.43 Å². The molecule has 0 saturated heterocycles. The molecule has 1 aliphatic carbocycles. The first kappa shape index (κ1) is 16.4. The highest BCUT2D eigenvalue weighted by atomic mass is 35.5. The van der Waals surface area contributed by atoms with Crippen molar-refractivity contribution in [2.24, 2.45) is 0 Å². The molecular weight excluding hydrogens is 321 g/mol. The summed E-state index contributed by atoms with van der Waals surface area (Å²) in [5.74, 6) is -0.801. The molecule has 0 aliphatic heterocycles. The Hall–Kier alpha value is -1.48. The third kappa shape index (κ3) is 2.99. The van der Waals surface area contributed by atoms with E-state index in [1.54, 1.807) is 0 Å². The van der Waals surface area contributed by atoms with Gasteiger partial charge in [-0.15, -0.1) is 11.6 Å². The van der Waals surface area contributed by atoms with Gasteiger partial charge in [-0.2, -0.15) is 0 Å². The van der Waals surface area contributed by atoms with Crippen LogP contribution >= 0.6 is 11.6 Å². The van der Waals surface area contributed by atoms with Crippen LogP contribution < -0.4 is 0 Å². The van der Waals surface area contributed by atoms with Crippen LogP contribution in [0, 0.1) is 5.82 Å².